The summed E-state index contributed by atoms with van der Waals surface area (Å²) in [5.74, 6) is 1.94. The third-order valence-electron chi connectivity index (χ3n) is 8.33. The molecule has 4 aliphatic rings. The largest absolute Gasteiger partial charge is 0.497 e. The van der Waals surface area contributed by atoms with E-state index in [0.29, 0.717) is 11.8 Å². The molecule has 2 amide bonds. The van der Waals surface area contributed by atoms with Crippen molar-refractivity contribution in [2.45, 2.75) is 57.3 Å². The van der Waals surface area contributed by atoms with Crippen LogP contribution >= 0.6 is 0 Å². The molecule has 4 bridgehead atoms. The molecule has 2 N–H and O–H groups in total. The molecule has 0 saturated heterocycles. The van der Waals surface area contributed by atoms with Gasteiger partial charge in [-0.05, 0) is 91.5 Å². The fourth-order valence-corrected chi connectivity index (χ4v) is 7.30. The van der Waals surface area contributed by atoms with Gasteiger partial charge in [0, 0.05) is 5.69 Å². The second kappa shape index (κ2) is 8.51. The van der Waals surface area contributed by atoms with Crippen LogP contribution in [0, 0.1) is 17.3 Å². The SMILES string of the molecule is CCc1ccccc1NC(=O)CNC(=O)C12CC3CC(C1)CC(c1ccc(OC)cc1)(C3)C2. The van der Waals surface area contributed by atoms with Crippen LogP contribution in [0.1, 0.15) is 56.6 Å². The van der Waals surface area contributed by atoms with E-state index in [-0.39, 0.29) is 29.2 Å². The maximum absolute atomic E-state index is 13.5. The lowest BCUT2D eigenvalue weighted by atomic mass is 9.42. The van der Waals surface area contributed by atoms with Crippen molar-refractivity contribution >= 4 is 17.5 Å². The Kier molecular flexibility index (Phi) is 5.67. The van der Waals surface area contributed by atoms with E-state index >= 15 is 0 Å². The lowest BCUT2D eigenvalue weighted by Gasteiger charge is -2.61. The monoisotopic (exact) mass is 446 g/mol. The molecule has 6 rings (SSSR count). The quantitative estimate of drug-likeness (QED) is 0.639. The van der Waals surface area contributed by atoms with Gasteiger partial charge in [-0.25, -0.2) is 0 Å². The lowest BCUT2D eigenvalue weighted by molar-refractivity contribution is -0.149. The van der Waals surface area contributed by atoms with E-state index in [9.17, 15) is 9.59 Å². The van der Waals surface area contributed by atoms with Gasteiger partial charge in [0.2, 0.25) is 11.8 Å². The summed E-state index contributed by atoms with van der Waals surface area (Å²) in [6, 6.07) is 16.3. The number of ether oxygens (including phenoxy) is 1. The van der Waals surface area contributed by atoms with E-state index in [1.165, 1.54) is 24.8 Å². The van der Waals surface area contributed by atoms with Crippen molar-refractivity contribution in [2.75, 3.05) is 19.0 Å². The summed E-state index contributed by atoms with van der Waals surface area (Å²) in [6.45, 7) is 2.09. The fourth-order valence-electron chi connectivity index (χ4n) is 7.30. The maximum atomic E-state index is 13.5. The highest BCUT2D eigenvalue weighted by Crippen LogP contribution is 2.65. The summed E-state index contributed by atoms with van der Waals surface area (Å²) in [6.07, 6.45) is 7.20. The Labute approximate surface area is 196 Å². The van der Waals surface area contributed by atoms with Crippen molar-refractivity contribution in [1.82, 2.24) is 5.32 Å². The molecule has 4 fully saturated rings. The number of hydrogen-bond acceptors (Lipinski definition) is 3. The zero-order valence-corrected chi connectivity index (χ0v) is 19.7. The first kappa shape index (κ1) is 22.0. The number of benzene rings is 2. The van der Waals surface area contributed by atoms with E-state index in [4.69, 9.17) is 4.74 Å². The van der Waals surface area contributed by atoms with E-state index in [0.717, 1.165) is 42.7 Å². The molecule has 0 radical (unpaired) electrons. The van der Waals surface area contributed by atoms with Crippen molar-refractivity contribution in [3.8, 4) is 5.75 Å². The van der Waals surface area contributed by atoms with Gasteiger partial charge in [-0.3, -0.25) is 9.59 Å². The number of hydrogen-bond donors (Lipinski definition) is 2. The Morgan fingerprint density at radius 3 is 2.36 bits per heavy atom. The predicted octanol–water partition coefficient (Wildman–Crippen LogP) is 4.85. The molecule has 2 aromatic carbocycles. The first-order valence-corrected chi connectivity index (χ1v) is 12.3. The topological polar surface area (TPSA) is 67.4 Å². The highest BCUT2D eigenvalue weighted by atomic mass is 16.5. The normalized spacial score (nSPS) is 29.5. The standard InChI is InChI=1S/C28H34N2O3/c1-3-21-6-4-5-7-24(21)30-25(31)17-29-26(32)28-15-19-12-20(16-28)14-27(13-19,18-28)22-8-10-23(33-2)11-9-22/h4-11,19-20H,3,12-18H2,1-2H3,(H,29,32)(H,30,31). The van der Waals surface area contributed by atoms with Crippen LogP contribution in [0.25, 0.3) is 0 Å². The van der Waals surface area contributed by atoms with E-state index in [1.807, 2.05) is 36.4 Å². The lowest BCUT2D eigenvalue weighted by Crippen LogP contribution is -2.59. The third-order valence-corrected chi connectivity index (χ3v) is 8.33. The fraction of sp³-hybridized carbons (Fsp3) is 0.500. The van der Waals surface area contributed by atoms with E-state index in [1.54, 1.807) is 7.11 Å². The molecular weight excluding hydrogens is 412 g/mol. The molecule has 2 atom stereocenters. The highest BCUT2D eigenvalue weighted by molar-refractivity contribution is 5.96. The first-order chi connectivity index (χ1) is 15.9. The van der Waals surface area contributed by atoms with Crippen LogP contribution in [0.4, 0.5) is 5.69 Å². The average molecular weight is 447 g/mol. The number of carbonyl (C=O) groups is 2. The van der Waals surface area contributed by atoms with Gasteiger partial charge in [0.15, 0.2) is 0 Å². The molecule has 174 valence electrons. The number of aryl methyl sites for hydroxylation is 1. The summed E-state index contributed by atoms with van der Waals surface area (Å²) in [4.78, 5) is 26.2. The number of nitrogens with one attached hydrogen (secondary N) is 2. The summed E-state index contributed by atoms with van der Waals surface area (Å²) in [7, 11) is 1.69. The molecule has 2 unspecified atom stereocenters. The Morgan fingerprint density at radius 2 is 1.70 bits per heavy atom. The van der Waals surface area contributed by atoms with Crippen molar-refractivity contribution in [3.05, 3.63) is 59.7 Å². The van der Waals surface area contributed by atoms with Crippen molar-refractivity contribution in [1.29, 1.82) is 0 Å². The number of amides is 2. The molecule has 4 saturated carbocycles. The van der Waals surface area contributed by atoms with Crippen molar-refractivity contribution < 1.29 is 14.3 Å². The number of para-hydroxylation sites is 1. The molecule has 5 nitrogen and oxygen atoms in total. The van der Waals surface area contributed by atoms with Gasteiger partial charge in [-0.2, -0.15) is 0 Å². The molecule has 2 aromatic rings. The van der Waals surface area contributed by atoms with Gasteiger partial charge in [0.25, 0.3) is 0 Å². The van der Waals surface area contributed by atoms with Crippen LogP contribution in [-0.4, -0.2) is 25.5 Å². The second-order valence-corrected chi connectivity index (χ2v) is 10.5. The van der Waals surface area contributed by atoms with Gasteiger partial charge in [0.05, 0.1) is 19.1 Å². The Bertz CT molecular complexity index is 1030. The van der Waals surface area contributed by atoms with E-state index < -0.39 is 0 Å². The minimum atomic E-state index is -0.356. The van der Waals surface area contributed by atoms with Gasteiger partial charge in [-0.1, -0.05) is 37.3 Å². The average Bonchev–Trinajstić information content (AvgIpc) is 2.82. The van der Waals surface area contributed by atoms with Gasteiger partial charge < -0.3 is 15.4 Å². The van der Waals surface area contributed by atoms with Gasteiger partial charge >= 0.3 is 0 Å². The molecule has 0 aromatic heterocycles. The van der Waals surface area contributed by atoms with Crippen LogP contribution in [0.2, 0.25) is 0 Å². The Hall–Kier alpha value is -2.82. The van der Waals surface area contributed by atoms with Gasteiger partial charge in [0.1, 0.15) is 5.75 Å². The van der Waals surface area contributed by atoms with Crippen LogP contribution in [0.5, 0.6) is 5.75 Å². The number of anilines is 1. The van der Waals surface area contributed by atoms with Crippen molar-refractivity contribution in [3.63, 3.8) is 0 Å². The molecule has 5 heteroatoms. The molecular formula is C28H34N2O3. The number of methoxy groups -OCH3 is 1. The maximum Gasteiger partial charge on any atom is 0.243 e. The third kappa shape index (κ3) is 4.03. The molecule has 0 aliphatic heterocycles. The minimum absolute atomic E-state index is 0.0174. The molecule has 4 aliphatic carbocycles. The smallest absolute Gasteiger partial charge is 0.243 e. The van der Waals surface area contributed by atoms with Crippen LogP contribution in [0.3, 0.4) is 0 Å². The molecule has 0 spiro atoms. The summed E-state index contributed by atoms with van der Waals surface area (Å²) >= 11 is 0. The molecule has 0 heterocycles. The van der Waals surface area contributed by atoms with Gasteiger partial charge in [-0.15, -0.1) is 0 Å². The van der Waals surface area contributed by atoms with Crippen molar-refractivity contribution in [2.24, 2.45) is 17.3 Å². The van der Waals surface area contributed by atoms with E-state index in [2.05, 4.69) is 29.7 Å². The minimum Gasteiger partial charge on any atom is -0.497 e. The second-order valence-electron chi connectivity index (χ2n) is 10.5. The number of carbonyl (C=O) groups excluding carboxylic acids is 2. The Balaban J connectivity index is 1.29. The zero-order valence-electron chi connectivity index (χ0n) is 19.7. The molecule has 33 heavy (non-hydrogen) atoms. The Morgan fingerprint density at radius 1 is 1.00 bits per heavy atom. The summed E-state index contributed by atoms with van der Waals surface area (Å²) in [5, 5.41) is 5.98. The summed E-state index contributed by atoms with van der Waals surface area (Å²) < 4.78 is 5.36. The summed E-state index contributed by atoms with van der Waals surface area (Å²) in [5.41, 5.74) is 2.97. The highest BCUT2D eigenvalue weighted by Gasteiger charge is 2.60. The first-order valence-electron chi connectivity index (χ1n) is 12.3. The zero-order chi connectivity index (χ0) is 23.1. The predicted molar refractivity (Wildman–Crippen MR) is 129 cm³/mol. The van der Waals surface area contributed by atoms with Crippen LogP contribution in [-0.2, 0) is 21.4 Å². The number of rotatable bonds is 7. The van der Waals surface area contributed by atoms with Crippen LogP contribution < -0.4 is 15.4 Å². The van der Waals surface area contributed by atoms with Crippen LogP contribution in [0.15, 0.2) is 48.5 Å².